The number of hydrogen-bond acceptors (Lipinski definition) is 7. The highest BCUT2D eigenvalue weighted by Gasteiger charge is 2.59. The Hall–Kier alpha value is -1.90. The number of ether oxygens (including phenoxy) is 1. The van der Waals surface area contributed by atoms with Crippen molar-refractivity contribution < 1.29 is 14.6 Å². The van der Waals surface area contributed by atoms with Crippen molar-refractivity contribution in [2.75, 3.05) is 20.3 Å². The number of methoxy groups -OCH3 is 1. The maximum atomic E-state index is 13.7. The van der Waals surface area contributed by atoms with Gasteiger partial charge in [-0.05, 0) is 68.6 Å². The van der Waals surface area contributed by atoms with E-state index < -0.39 is 5.60 Å². The Balaban J connectivity index is 1.38. The first-order chi connectivity index (χ1) is 17.2. The van der Waals surface area contributed by atoms with E-state index in [1.165, 1.54) is 6.42 Å². The van der Waals surface area contributed by atoms with Gasteiger partial charge in [-0.25, -0.2) is 14.6 Å². The van der Waals surface area contributed by atoms with Gasteiger partial charge in [0.25, 0.3) is 0 Å². The van der Waals surface area contributed by atoms with E-state index in [4.69, 9.17) is 4.74 Å². The van der Waals surface area contributed by atoms with Crippen molar-refractivity contribution in [3.63, 3.8) is 0 Å². The van der Waals surface area contributed by atoms with Gasteiger partial charge in [-0.2, -0.15) is 5.10 Å². The molecule has 2 aliphatic carbocycles. The number of hydrogen-bond donors (Lipinski definition) is 2. The number of piperidine rings is 1. The summed E-state index contributed by atoms with van der Waals surface area (Å²) in [5.41, 5.74) is 0.654. The molecule has 2 aromatic heterocycles. The average Bonchev–Trinajstić information content (AvgIpc) is 3.42. The summed E-state index contributed by atoms with van der Waals surface area (Å²) in [4.78, 5) is 22.4. The van der Waals surface area contributed by atoms with Gasteiger partial charge in [0.2, 0.25) is 0 Å². The van der Waals surface area contributed by atoms with Crippen LogP contribution in [0, 0.1) is 29.1 Å². The van der Waals surface area contributed by atoms with E-state index in [1.807, 2.05) is 6.92 Å². The molecule has 8 nitrogen and oxygen atoms in total. The number of fused-ring (bicyclic) bond motifs is 2. The molecule has 36 heavy (non-hydrogen) atoms. The van der Waals surface area contributed by atoms with E-state index in [0.717, 1.165) is 50.5 Å². The van der Waals surface area contributed by atoms with E-state index in [0.29, 0.717) is 36.6 Å². The van der Waals surface area contributed by atoms with Crippen LogP contribution in [0.4, 0.5) is 0 Å². The van der Waals surface area contributed by atoms with Crippen LogP contribution in [0.15, 0.2) is 18.6 Å². The first-order valence-electron chi connectivity index (χ1n) is 13.8. The van der Waals surface area contributed by atoms with E-state index >= 15 is 0 Å². The Kier molecular flexibility index (Phi) is 6.98. The number of Topliss-reactive ketones (excluding diaryl/α,β-unsaturated/α-hetero) is 1. The third-order valence-corrected chi connectivity index (χ3v) is 10.1. The fourth-order valence-electron chi connectivity index (χ4n) is 8.26. The van der Waals surface area contributed by atoms with Crippen molar-refractivity contribution in [3.05, 3.63) is 18.6 Å². The zero-order chi connectivity index (χ0) is 25.6. The predicted octanol–water partition coefficient (Wildman–Crippen LogP) is 3.77. The summed E-state index contributed by atoms with van der Waals surface area (Å²) in [6.07, 6.45) is 13.3. The first kappa shape index (κ1) is 25.7. The molecule has 3 heterocycles. The zero-order valence-corrected chi connectivity index (χ0v) is 22.4. The van der Waals surface area contributed by atoms with Crippen molar-refractivity contribution in [3.8, 4) is 0 Å². The van der Waals surface area contributed by atoms with Gasteiger partial charge >= 0.3 is 0 Å². The van der Waals surface area contributed by atoms with Crippen molar-refractivity contribution in [2.24, 2.45) is 29.1 Å². The first-order valence-corrected chi connectivity index (χ1v) is 13.8. The molecule has 3 aliphatic rings. The standard InChI is InChI=1S/C28H43N5O3/c1-5-6-19-20-7-8-22(24(34)16-33-25-23(15-32-33)29-13-14-30-25)27(20,3)10-9-21(19)28(18-36-4)12-11-26(2,35)17-31-28/h13-15,19-22,31,35H,5-12,16-18H2,1-4H3. The highest BCUT2D eigenvalue weighted by molar-refractivity contribution is 5.83. The van der Waals surface area contributed by atoms with Crippen molar-refractivity contribution in [2.45, 2.75) is 89.8 Å². The van der Waals surface area contributed by atoms with Crippen LogP contribution < -0.4 is 5.32 Å². The van der Waals surface area contributed by atoms with Crippen LogP contribution >= 0.6 is 0 Å². The lowest BCUT2D eigenvalue weighted by molar-refractivity contribution is -0.131. The summed E-state index contributed by atoms with van der Waals surface area (Å²) in [5, 5.41) is 18.9. The van der Waals surface area contributed by atoms with E-state index in [1.54, 1.807) is 30.4 Å². The number of ketones is 1. The van der Waals surface area contributed by atoms with Crippen LogP contribution in [0.3, 0.4) is 0 Å². The number of nitrogens with one attached hydrogen (secondary N) is 1. The lowest BCUT2D eigenvalue weighted by Gasteiger charge is -2.57. The van der Waals surface area contributed by atoms with Gasteiger partial charge < -0.3 is 15.2 Å². The Morgan fingerprint density at radius 1 is 1.17 bits per heavy atom. The van der Waals surface area contributed by atoms with Gasteiger partial charge in [-0.1, -0.05) is 26.7 Å². The Morgan fingerprint density at radius 2 is 1.97 bits per heavy atom. The molecule has 5 rings (SSSR count). The molecule has 0 radical (unpaired) electrons. The fourth-order valence-corrected chi connectivity index (χ4v) is 8.26. The lowest BCUT2D eigenvalue weighted by Crippen LogP contribution is -2.65. The highest BCUT2D eigenvalue weighted by Crippen LogP contribution is 2.62. The molecule has 2 aromatic rings. The molecular formula is C28H43N5O3. The van der Waals surface area contributed by atoms with E-state index in [9.17, 15) is 9.90 Å². The Labute approximate surface area is 214 Å². The summed E-state index contributed by atoms with van der Waals surface area (Å²) < 4.78 is 7.53. The van der Waals surface area contributed by atoms with Crippen LogP contribution in [0.1, 0.15) is 72.1 Å². The minimum atomic E-state index is -0.660. The molecule has 198 valence electrons. The lowest BCUT2D eigenvalue weighted by atomic mass is 9.52. The Morgan fingerprint density at radius 3 is 2.69 bits per heavy atom. The highest BCUT2D eigenvalue weighted by atomic mass is 16.5. The van der Waals surface area contributed by atoms with Gasteiger partial charge in [0.05, 0.1) is 18.4 Å². The smallest absolute Gasteiger partial charge is 0.177 e. The topological polar surface area (TPSA) is 102 Å². The number of β-amino-alcohol motifs (C(OH)–C–C–N with tert-alkyl or cyclic N) is 1. The second-order valence-electron chi connectivity index (χ2n) is 12.3. The van der Waals surface area contributed by atoms with Crippen LogP contribution in [-0.4, -0.2) is 62.0 Å². The minimum absolute atomic E-state index is 0.0104. The van der Waals surface area contributed by atoms with Crippen molar-refractivity contribution in [1.82, 2.24) is 25.1 Å². The summed E-state index contributed by atoms with van der Waals surface area (Å²) in [5.74, 6) is 1.90. The normalized spacial score (nSPS) is 38.8. The van der Waals surface area contributed by atoms with Gasteiger partial charge in [0, 0.05) is 37.5 Å². The fraction of sp³-hybridized carbons (Fsp3) is 0.786. The third-order valence-electron chi connectivity index (χ3n) is 10.1. The second-order valence-corrected chi connectivity index (χ2v) is 12.3. The maximum Gasteiger partial charge on any atom is 0.177 e. The predicted molar refractivity (Wildman–Crippen MR) is 138 cm³/mol. The average molecular weight is 498 g/mol. The molecule has 3 fully saturated rings. The number of rotatable bonds is 8. The monoisotopic (exact) mass is 497 g/mol. The molecule has 2 N–H and O–H groups in total. The van der Waals surface area contributed by atoms with Crippen LogP contribution in [0.5, 0.6) is 0 Å². The number of carbonyl (C=O) groups excluding carboxylic acids is 1. The maximum absolute atomic E-state index is 13.7. The third kappa shape index (κ3) is 4.39. The zero-order valence-electron chi connectivity index (χ0n) is 22.4. The minimum Gasteiger partial charge on any atom is -0.389 e. The molecule has 0 bridgehead atoms. The summed E-state index contributed by atoms with van der Waals surface area (Å²) in [6, 6.07) is 0. The van der Waals surface area contributed by atoms with Crippen LogP contribution in [-0.2, 0) is 16.1 Å². The molecule has 0 spiro atoms. The number of aliphatic hydroxyl groups is 1. The summed E-state index contributed by atoms with van der Waals surface area (Å²) in [6.45, 7) is 8.14. The van der Waals surface area contributed by atoms with Gasteiger partial charge in [-0.3, -0.25) is 4.79 Å². The summed E-state index contributed by atoms with van der Waals surface area (Å²) >= 11 is 0. The molecule has 1 aliphatic heterocycles. The molecule has 0 amide bonds. The molecule has 2 saturated carbocycles. The molecular weight excluding hydrogens is 454 g/mol. The number of aromatic nitrogens is 4. The molecule has 0 aromatic carbocycles. The second kappa shape index (κ2) is 9.76. The molecule has 1 saturated heterocycles. The number of nitrogens with zero attached hydrogens (tertiary/aromatic N) is 4. The van der Waals surface area contributed by atoms with Crippen molar-refractivity contribution >= 4 is 16.9 Å². The van der Waals surface area contributed by atoms with Crippen LogP contribution in [0.25, 0.3) is 11.2 Å². The van der Waals surface area contributed by atoms with Gasteiger partial charge in [0.15, 0.2) is 11.4 Å². The molecule has 8 heteroatoms. The molecule has 7 atom stereocenters. The van der Waals surface area contributed by atoms with Gasteiger partial charge in [0.1, 0.15) is 12.1 Å². The van der Waals surface area contributed by atoms with Gasteiger partial charge in [-0.15, -0.1) is 0 Å². The van der Waals surface area contributed by atoms with Crippen molar-refractivity contribution in [1.29, 1.82) is 0 Å². The van der Waals surface area contributed by atoms with E-state index in [2.05, 4.69) is 34.2 Å². The Bertz CT molecular complexity index is 1070. The summed E-state index contributed by atoms with van der Waals surface area (Å²) in [7, 11) is 1.80. The quantitative estimate of drug-likeness (QED) is 0.572. The van der Waals surface area contributed by atoms with E-state index in [-0.39, 0.29) is 29.2 Å². The largest absolute Gasteiger partial charge is 0.389 e. The molecule has 7 unspecified atom stereocenters. The number of carbonyl (C=O) groups is 1. The SMILES string of the molecule is CCCC1C(C2(COC)CCC(C)(O)CN2)CCC2(C)C(C(=O)Cn3ncc4nccnc43)CCC12. The van der Waals surface area contributed by atoms with Crippen LogP contribution in [0.2, 0.25) is 0 Å².